The Kier molecular flexibility index (Phi) is 3.54. The average molecular weight is 318 g/mol. The molecule has 5 rings (SSSR count). The topological polar surface area (TPSA) is 25.8 Å². The molecule has 104 valence electrons. The first-order chi connectivity index (χ1) is 10.9. The Morgan fingerprint density at radius 1 is 0.773 bits per heavy atom. The fourth-order valence-corrected chi connectivity index (χ4v) is 4.07. The van der Waals surface area contributed by atoms with Crippen LogP contribution in [0.5, 0.6) is 0 Å². The molecule has 22 heavy (non-hydrogen) atoms. The molecule has 5 aromatic rings. The highest BCUT2D eigenvalue weighted by Gasteiger charge is 2.02. The summed E-state index contributed by atoms with van der Waals surface area (Å²) < 4.78 is 3.83. The minimum atomic E-state index is 1.21. The van der Waals surface area contributed by atoms with Gasteiger partial charge in [-0.1, -0.05) is 18.2 Å². The number of hydrogen-bond acceptors (Lipinski definition) is 4. The van der Waals surface area contributed by atoms with E-state index in [0.717, 1.165) is 0 Å². The van der Waals surface area contributed by atoms with Gasteiger partial charge in [-0.3, -0.25) is 9.97 Å². The van der Waals surface area contributed by atoms with Crippen LogP contribution in [0.3, 0.4) is 0 Å². The molecule has 0 saturated heterocycles. The molecule has 4 heteroatoms. The Balaban J connectivity index is 0.000000122. The molecule has 4 heterocycles. The van der Waals surface area contributed by atoms with Gasteiger partial charge in [0.25, 0.3) is 0 Å². The van der Waals surface area contributed by atoms with Crippen LogP contribution in [0.15, 0.2) is 60.2 Å². The molecular weight excluding hydrogens is 308 g/mol. The molecule has 0 atom stereocenters. The number of rotatable bonds is 0. The van der Waals surface area contributed by atoms with Crippen LogP contribution >= 0.6 is 22.7 Å². The average Bonchev–Trinajstić information content (AvgIpc) is 3.19. The van der Waals surface area contributed by atoms with E-state index < -0.39 is 0 Å². The lowest BCUT2D eigenvalue weighted by molar-refractivity contribution is 1.35. The van der Waals surface area contributed by atoms with Crippen LogP contribution < -0.4 is 0 Å². The minimum absolute atomic E-state index is 1.21. The van der Waals surface area contributed by atoms with Crippen molar-refractivity contribution in [2.24, 2.45) is 0 Å². The SMILES string of the molecule is [c]1cc2sc3ccccc3c2cn1.[c]1cc2sccc2cn1. The lowest BCUT2D eigenvalue weighted by Gasteiger charge is -1.87. The first kappa shape index (κ1) is 13.4. The summed E-state index contributed by atoms with van der Waals surface area (Å²) in [6, 6.07) is 14.3. The first-order valence-corrected chi connectivity index (χ1v) is 8.44. The number of fused-ring (bicyclic) bond motifs is 4. The normalized spacial score (nSPS) is 10.7. The molecular formula is C18H10N2S2. The molecule has 0 fully saturated rings. The maximum absolute atomic E-state index is 4.02. The Labute approximate surface area is 135 Å². The summed E-state index contributed by atoms with van der Waals surface area (Å²) in [6.45, 7) is 0. The van der Waals surface area contributed by atoms with Gasteiger partial charge >= 0.3 is 0 Å². The molecule has 2 nitrogen and oxygen atoms in total. The highest BCUT2D eigenvalue weighted by molar-refractivity contribution is 7.25. The van der Waals surface area contributed by atoms with Crippen LogP contribution in [-0.4, -0.2) is 9.97 Å². The zero-order valence-electron chi connectivity index (χ0n) is 11.5. The van der Waals surface area contributed by atoms with E-state index in [1.807, 2.05) is 24.5 Å². The van der Waals surface area contributed by atoms with Crippen LogP contribution in [-0.2, 0) is 0 Å². The van der Waals surface area contributed by atoms with E-state index in [1.54, 1.807) is 22.7 Å². The van der Waals surface area contributed by atoms with E-state index in [0.29, 0.717) is 0 Å². The predicted octanol–water partition coefficient (Wildman–Crippen LogP) is 5.35. The molecule has 0 amide bonds. The third-order valence-electron chi connectivity index (χ3n) is 3.33. The smallest absolute Gasteiger partial charge is 0.0901 e. The zero-order valence-corrected chi connectivity index (χ0v) is 13.1. The molecule has 1 aromatic carbocycles. The number of nitrogens with zero attached hydrogens (tertiary/aromatic N) is 2. The van der Waals surface area contributed by atoms with Gasteiger partial charge in [0.15, 0.2) is 0 Å². The first-order valence-electron chi connectivity index (χ1n) is 6.74. The summed E-state index contributed by atoms with van der Waals surface area (Å²) in [6.07, 6.45) is 9.35. The van der Waals surface area contributed by atoms with Crippen LogP contribution in [0.1, 0.15) is 0 Å². The third-order valence-corrected chi connectivity index (χ3v) is 5.34. The molecule has 2 radical (unpaired) electrons. The third kappa shape index (κ3) is 2.47. The van der Waals surface area contributed by atoms with Gasteiger partial charge < -0.3 is 0 Å². The lowest BCUT2D eigenvalue weighted by Crippen LogP contribution is -1.68. The van der Waals surface area contributed by atoms with Gasteiger partial charge in [0, 0.05) is 42.7 Å². The number of hydrogen-bond donors (Lipinski definition) is 0. The van der Waals surface area contributed by atoms with Crippen molar-refractivity contribution in [3.8, 4) is 0 Å². The van der Waals surface area contributed by atoms with Crippen LogP contribution in [0, 0.1) is 12.4 Å². The van der Waals surface area contributed by atoms with Gasteiger partial charge in [-0.2, -0.15) is 0 Å². The molecule has 0 bridgehead atoms. The summed E-state index contributed by atoms with van der Waals surface area (Å²) in [5, 5.41) is 5.79. The Morgan fingerprint density at radius 3 is 2.50 bits per heavy atom. The van der Waals surface area contributed by atoms with Crippen LogP contribution in [0.4, 0.5) is 0 Å². The van der Waals surface area contributed by atoms with Gasteiger partial charge in [0.1, 0.15) is 0 Å². The molecule has 0 N–H and O–H groups in total. The van der Waals surface area contributed by atoms with Gasteiger partial charge in [-0.05, 0) is 29.6 Å². The standard InChI is InChI=1S/C11H6NS.C7H4NS/c1-2-4-10-8(3-1)9-7-12-6-5-11(9)13-10;1-3-8-5-6-2-4-9-7(1)6/h1-5,7H;1-2,4-5H. The van der Waals surface area contributed by atoms with E-state index >= 15 is 0 Å². The fourth-order valence-electron chi connectivity index (χ4n) is 2.28. The maximum Gasteiger partial charge on any atom is 0.0901 e. The maximum atomic E-state index is 4.02. The Morgan fingerprint density at radius 2 is 1.59 bits per heavy atom. The fraction of sp³-hybridized carbons (Fsp3) is 0. The van der Waals surface area contributed by atoms with E-state index in [4.69, 9.17) is 0 Å². The molecule has 0 spiro atoms. The molecule has 0 aliphatic carbocycles. The van der Waals surface area contributed by atoms with Gasteiger partial charge in [-0.25, -0.2) is 0 Å². The highest BCUT2D eigenvalue weighted by atomic mass is 32.1. The van der Waals surface area contributed by atoms with E-state index in [-0.39, 0.29) is 0 Å². The number of aromatic nitrogens is 2. The molecule has 0 aliphatic rings. The van der Waals surface area contributed by atoms with Crippen molar-refractivity contribution >= 4 is 52.9 Å². The summed E-state index contributed by atoms with van der Waals surface area (Å²) in [5.74, 6) is 0. The largest absolute Gasteiger partial charge is 0.254 e. The van der Waals surface area contributed by atoms with E-state index in [9.17, 15) is 0 Å². The summed E-state index contributed by atoms with van der Waals surface area (Å²) >= 11 is 3.51. The van der Waals surface area contributed by atoms with Crippen molar-refractivity contribution in [1.82, 2.24) is 9.97 Å². The van der Waals surface area contributed by atoms with Crippen molar-refractivity contribution < 1.29 is 0 Å². The van der Waals surface area contributed by atoms with Crippen molar-refractivity contribution in [2.75, 3.05) is 0 Å². The predicted molar refractivity (Wildman–Crippen MR) is 94.4 cm³/mol. The summed E-state index contributed by atoms with van der Waals surface area (Å²) in [7, 11) is 0. The zero-order chi connectivity index (χ0) is 14.8. The van der Waals surface area contributed by atoms with Gasteiger partial charge in [-0.15, -0.1) is 22.7 Å². The Hall–Kier alpha value is -2.30. The molecule has 0 unspecified atom stereocenters. The van der Waals surface area contributed by atoms with Crippen LogP contribution in [0.25, 0.3) is 30.3 Å². The second-order valence-electron chi connectivity index (χ2n) is 4.68. The quantitative estimate of drug-likeness (QED) is 0.385. The number of thiophene rings is 2. The molecule has 4 aromatic heterocycles. The van der Waals surface area contributed by atoms with E-state index in [2.05, 4.69) is 58.1 Å². The van der Waals surface area contributed by atoms with Crippen molar-refractivity contribution in [3.05, 3.63) is 72.6 Å². The van der Waals surface area contributed by atoms with Crippen molar-refractivity contribution in [1.29, 1.82) is 0 Å². The lowest BCUT2D eigenvalue weighted by atomic mass is 10.2. The monoisotopic (exact) mass is 318 g/mol. The molecule has 0 aliphatic heterocycles. The second-order valence-corrected chi connectivity index (χ2v) is 6.71. The minimum Gasteiger partial charge on any atom is -0.254 e. The van der Waals surface area contributed by atoms with Crippen molar-refractivity contribution in [3.63, 3.8) is 0 Å². The highest BCUT2D eigenvalue weighted by Crippen LogP contribution is 2.32. The van der Waals surface area contributed by atoms with Crippen molar-refractivity contribution in [2.45, 2.75) is 0 Å². The number of pyridine rings is 2. The van der Waals surface area contributed by atoms with Gasteiger partial charge in [0.2, 0.25) is 0 Å². The number of benzene rings is 1. The van der Waals surface area contributed by atoms with Gasteiger partial charge in [0.05, 0.1) is 12.4 Å². The second kappa shape index (κ2) is 5.83. The van der Waals surface area contributed by atoms with E-state index in [1.165, 1.54) is 30.3 Å². The summed E-state index contributed by atoms with van der Waals surface area (Å²) in [5.41, 5.74) is 0. The Bertz CT molecular complexity index is 966. The molecule has 0 saturated carbocycles. The van der Waals surface area contributed by atoms with Crippen LogP contribution in [0.2, 0.25) is 0 Å². The summed E-state index contributed by atoms with van der Waals surface area (Å²) in [4.78, 5) is 7.88.